The molecule has 0 spiro atoms. The van der Waals surface area contributed by atoms with Crippen molar-refractivity contribution in [2.75, 3.05) is 32.7 Å². The van der Waals surface area contributed by atoms with E-state index in [0.29, 0.717) is 24.0 Å². The molecule has 1 saturated carbocycles. The van der Waals surface area contributed by atoms with Gasteiger partial charge in [-0.2, -0.15) is 5.10 Å². The second-order valence-electron chi connectivity index (χ2n) is 11.7. The number of hydrogen-bond donors (Lipinski definition) is 1. The Hall–Kier alpha value is -2.42. The predicted octanol–water partition coefficient (Wildman–Crippen LogP) is 3.05. The molecule has 3 amide bonds. The fourth-order valence-corrected chi connectivity index (χ4v) is 6.70. The van der Waals surface area contributed by atoms with Crippen LogP contribution in [0.25, 0.3) is 0 Å². The van der Waals surface area contributed by atoms with Crippen molar-refractivity contribution in [2.24, 2.45) is 0 Å². The Kier molecular flexibility index (Phi) is 7.88. The van der Waals surface area contributed by atoms with E-state index in [1.807, 2.05) is 11.8 Å². The van der Waals surface area contributed by atoms with Gasteiger partial charge in [-0.15, -0.1) is 0 Å². The molecule has 4 heterocycles. The van der Waals surface area contributed by atoms with E-state index in [9.17, 15) is 14.4 Å². The number of hydrogen-bond acceptors (Lipinski definition) is 5. The number of rotatable bonds is 7. The van der Waals surface area contributed by atoms with Crippen LogP contribution in [0.15, 0.2) is 6.07 Å². The predicted molar refractivity (Wildman–Crippen MR) is 141 cm³/mol. The first-order valence-electron chi connectivity index (χ1n) is 14.6. The number of unbranched alkanes of at least 4 members (excludes halogenated alkanes) is 1. The Morgan fingerprint density at radius 2 is 1.73 bits per heavy atom. The van der Waals surface area contributed by atoms with Crippen molar-refractivity contribution in [3.63, 3.8) is 0 Å². The van der Waals surface area contributed by atoms with Crippen LogP contribution in [0, 0.1) is 0 Å². The molecule has 37 heavy (non-hydrogen) atoms. The Labute approximate surface area is 220 Å². The number of amides is 3. The quantitative estimate of drug-likeness (QED) is 0.607. The number of nitrogens with one attached hydrogen (secondary N) is 1. The van der Waals surface area contributed by atoms with Crippen LogP contribution in [-0.4, -0.2) is 92.5 Å². The largest absolute Gasteiger partial charge is 0.351 e. The average Bonchev–Trinajstić information content (AvgIpc) is 3.59. The number of nitrogens with zero attached hydrogens (tertiary/aromatic N) is 5. The number of likely N-dealkylation sites (tertiary alicyclic amines) is 2. The number of aromatic nitrogens is 2. The summed E-state index contributed by atoms with van der Waals surface area (Å²) in [5.41, 5.74) is -0.300. The van der Waals surface area contributed by atoms with Gasteiger partial charge in [-0.25, -0.2) is 0 Å². The molecule has 4 aliphatic rings. The fourth-order valence-electron chi connectivity index (χ4n) is 6.70. The first kappa shape index (κ1) is 26.2. The first-order chi connectivity index (χ1) is 17.9. The molecule has 1 aromatic rings. The van der Waals surface area contributed by atoms with Crippen molar-refractivity contribution in [3.8, 4) is 0 Å². The summed E-state index contributed by atoms with van der Waals surface area (Å²) in [6.07, 6.45) is 11.9. The molecule has 2 saturated heterocycles. The third kappa shape index (κ3) is 5.29. The van der Waals surface area contributed by atoms with Crippen molar-refractivity contribution >= 4 is 17.7 Å². The highest BCUT2D eigenvalue weighted by atomic mass is 16.2. The molecule has 0 bridgehead atoms. The van der Waals surface area contributed by atoms with Crippen LogP contribution in [0.2, 0.25) is 0 Å². The zero-order valence-electron chi connectivity index (χ0n) is 22.7. The minimum absolute atomic E-state index is 0.107. The van der Waals surface area contributed by atoms with Crippen LogP contribution in [0.3, 0.4) is 0 Å². The van der Waals surface area contributed by atoms with E-state index in [-0.39, 0.29) is 30.3 Å². The molecule has 9 nitrogen and oxygen atoms in total. The van der Waals surface area contributed by atoms with Gasteiger partial charge in [0.2, 0.25) is 5.91 Å². The molecular weight excluding hydrogens is 468 g/mol. The Bertz CT molecular complexity index is 988. The summed E-state index contributed by atoms with van der Waals surface area (Å²) in [6.45, 7) is 8.51. The first-order valence-corrected chi connectivity index (χ1v) is 14.6. The van der Waals surface area contributed by atoms with Gasteiger partial charge in [-0.1, -0.05) is 32.6 Å². The average molecular weight is 513 g/mol. The van der Waals surface area contributed by atoms with E-state index in [1.54, 1.807) is 15.6 Å². The SMILES string of the molecule is CCCCN1C(=O)c2cc(C(=O)N3CCC(N4CCCCC4)CC3)nn2C[C@@]1(C)C(=O)NC1CCCC1. The Morgan fingerprint density at radius 1 is 1.03 bits per heavy atom. The van der Waals surface area contributed by atoms with Crippen LogP contribution < -0.4 is 5.32 Å². The van der Waals surface area contributed by atoms with Crippen LogP contribution in [0.5, 0.6) is 0 Å². The lowest BCUT2D eigenvalue weighted by Crippen LogP contribution is -2.65. The molecule has 0 aromatic carbocycles. The summed E-state index contributed by atoms with van der Waals surface area (Å²) < 4.78 is 1.60. The van der Waals surface area contributed by atoms with E-state index in [0.717, 1.165) is 64.5 Å². The summed E-state index contributed by atoms with van der Waals surface area (Å²) in [7, 11) is 0. The number of carbonyl (C=O) groups excluding carboxylic acids is 3. The van der Waals surface area contributed by atoms with Gasteiger partial charge in [0.05, 0.1) is 6.54 Å². The van der Waals surface area contributed by atoms with Crippen LogP contribution in [-0.2, 0) is 11.3 Å². The highest BCUT2D eigenvalue weighted by Gasteiger charge is 2.48. The molecule has 0 radical (unpaired) electrons. The summed E-state index contributed by atoms with van der Waals surface area (Å²) in [5.74, 6) is -0.430. The van der Waals surface area contributed by atoms with Gasteiger partial charge < -0.3 is 20.0 Å². The lowest BCUT2D eigenvalue weighted by molar-refractivity contribution is -0.133. The van der Waals surface area contributed by atoms with Gasteiger partial charge >= 0.3 is 0 Å². The minimum Gasteiger partial charge on any atom is -0.351 e. The molecule has 3 aliphatic heterocycles. The van der Waals surface area contributed by atoms with Crippen molar-refractivity contribution in [1.29, 1.82) is 0 Å². The third-order valence-electron chi connectivity index (χ3n) is 9.09. The molecule has 0 unspecified atom stereocenters. The zero-order chi connectivity index (χ0) is 26.0. The second-order valence-corrected chi connectivity index (χ2v) is 11.7. The maximum absolute atomic E-state index is 13.7. The zero-order valence-corrected chi connectivity index (χ0v) is 22.7. The van der Waals surface area contributed by atoms with Gasteiger partial charge in [-0.3, -0.25) is 19.1 Å². The number of piperidine rings is 2. The van der Waals surface area contributed by atoms with E-state index >= 15 is 0 Å². The molecular formula is C28H44N6O3. The van der Waals surface area contributed by atoms with Gasteiger partial charge in [0.25, 0.3) is 11.8 Å². The van der Waals surface area contributed by atoms with Crippen molar-refractivity contribution in [3.05, 3.63) is 17.5 Å². The van der Waals surface area contributed by atoms with Crippen LogP contribution >= 0.6 is 0 Å². The summed E-state index contributed by atoms with van der Waals surface area (Å²) in [5, 5.41) is 7.80. The molecule has 5 rings (SSSR count). The Morgan fingerprint density at radius 3 is 2.41 bits per heavy atom. The van der Waals surface area contributed by atoms with E-state index in [4.69, 9.17) is 0 Å². The van der Waals surface area contributed by atoms with Gasteiger partial charge in [0.15, 0.2) is 5.69 Å². The lowest BCUT2D eigenvalue weighted by atomic mass is 9.94. The normalized spacial score (nSPS) is 25.9. The minimum atomic E-state index is -1.03. The van der Waals surface area contributed by atoms with E-state index in [1.165, 1.54) is 32.4 Å². The maximum Gasteiger partial charge on any atom is 0.274 e. The maximum atomic E-state index is 13.7. The third-order valence-corrected chi connectivity index (χ3v) is 9.09. The highest BCUT2D eigenvalue weighted by molar-refractivity contribution is 6.02. The van der Waals surface area contributed by atoms with Crippen LogP contribution in [0.1, 0.15) is 105 Å². The lowest BCUT2D eigenvalue weighted by Gasteiger charge is -2.43. The van der Waals surface area contributed by atoms with Crippen molar-refractivity contribution in [1.82, 2.24) is 29.8 Å². The van der Waals surface area contributed by atoms with Crippen molar-refractivity contribution < 1.29 is 14.4 Å². The molecule has 3 fully saturated rings. The van der Waals surface area contributed by atoms with E-state index < -0.39 is 5.54 Å². The molecule has 1 aliphatic carbocycles. The molecule has 1 aromatic heterocycles. The van der Waals surface area contributed by atoms with Gasteiger partial charge in [0, 0.05) is 37.8 Å². The molecule has 204 valence electrons. The molecule has 1 N–H and O–H groups in total. The smallest absolute Gasteiger partial charge is 0.274 e. The topological polar surface area (TPSA) is 90.8 Å². The number of fused-ring (bicyclic) bond motifs is 1. The van der Waals surface area contributed by atoms with E-state index in [2.05, 4.69) is 22.2 Å². The summed E-state index contributed by atoms with van der Waals surface area (Å²) in [6, 6.07) is 2.39. The highest BCUT2D eigenvalue weighted by Crippen LogP contribution is 2.30. The summed E-state index contributed by atoms with van der Waals surface area (Å²) in [4.78, 5) is 46.8. The second kappa shape index (κ2) is 11.1. The monoisotopic (exact) mass is 512 g/mol. The van der Waals surface area contributed by atoms with Gasteiger partial charge in [-0.05, 0) is 65.0 Å². The molecule has 9 heteroatoms. The fraction of sp³-hybridized carbons (Fsp3) is 0.786. The summed E-state index contributed by atoms with van der Waals surface area (Å²) >= 11 is 0. The van der Waals surface area contributed by atoms with Gasteiger partial charge in [0.1, 0.15) is 11.2 Å². The molecule has 1 atom stereocenters. The standard InChI is InChI=1S/C28H44N6O3/c1-3-4-16-33-26(36)24-19-23(25(35)32-17-12-22(13-18-32)31-14-8-5-9-15-31)30-34(24)20-28(33,2)27(37)29-21-10-6-7-11-21/h19,21-22H,3-18,20H2,1-2H3,(H,29,37)/t28-/m0/s1. The Balaban J connectivity index is 1.30. The number of carbonyl (C=O) groups is 3. The van der Waals surface area contributed by atoms with Crippen LogP contribution in [0.4, 0.5) is 0 Å². The van der Waals surface area contributed by atoms with Crippen molar-refractivity contribution in [2.45, 2.75) is 109 Å².